The van der Waals surface area contributed by atoms with Gasteiger partial charge in [0.2, 0.25) is 5.89 Å². The third kappa shape index (κ3) is 8.77. The van der Waals surface area contributed by atoms with Gasteiger partial charge in [-0.2, -0.15) is 31.3 Å². The summed E-state index contributed by atoms with van der Waals surface area (Å²) in [5.74, 6) is -0.641. The predicted molar refractivity (Wildman–Crippen MR) is 150 cm³/mol. The Morgan fingerprint density at radius 1 is 0.930 bits per heavy atom. The summed E-state index contributed by atoms with van der Waals surface area (Å²) in [5, 5.41) is 12.9. The first-order chi connectivity index (χ1) is 19.7. The molecular formula is C29H33ClF6N4O3. The number of carboxylic acids is 1. The molecule has 0 amide bonds. The van der Waals surface area contributed by atoms with Gasteiger partial charge >= 0.3 is 18.3 Å². The van der Waals surface area contributed by atoms with Crippen LogP contribution in [0.4, 0.5) is 38.0 Å². The normalized spacial score (nSPS) is 13.0. The number of aryl methyl sites for hydroxylation is 3. The van der Waals surface area contributed by atoms with Crippen molar-refractivity contribution in [2.24, 2.45) is 0 Å². The van der Waals surface area contributed by atoms with E-state index in [4.69, 9.17) is 9.63 Å². The smallest absolute Gasteiger partial charge is 0.416 e. The Morgan fingerprint density at radius 3 is 2.09 bits per heavy atom. The Balaban J connectivity index is 0.00000506. The standard InChI is InChI=1S/C29H32F6N4O3.ClH/c1-3-38(10-5-4-9-26(40)41)25-14-21-8-6-7-20(21)13-22(25)17-39(27-36-18(2)42-37-27)16-19-11-23(28(30,31)32)15-24(12-19)29(33,34)35;/h11-15H,3-10,16-17H2,1-2H3,(H,40,41);1H. The lowest BCUT2D eigenvalue weighted by atomic mass is 10.0. The van der Waals surface area contributed by atoms with E-state index in [2.05, 4.69) is 21.1 Å². The van der Waals surface area contributed by atoms with Crippen molar-refractivity contribution in [3.05, 3.63) is 69.6 Å². The lowest BCUT2D eigenvalue weighted by Crippen LogP contribution is -2.29. The van der Waals surface area contributed by atoms with Crippen LogP contribution in [-0.2, 0) is 43.1 Å². The van der Waals surface area contributed by atoms with Gasteiger partial charge in [-0.25, -0.2) is 0 Å². The lowest BCUT2D eigenvalue weighted by molar-refractivity contribution is -0.143. The quantitative estimate of drug-likeness (QED) is 0.162. The van der Waals surface area contributed by atoms with E-state index in [9.17, 15) is 31.1 Å². The molecule has 0 saturated heterocycles. The van der Waals surface area contributed by atoms with E-state index < -0.39 is 29.4 Å². The highest BCUT2D eigenvalue weighted by Gasteiger charge is 2.37. The number of fused-ring (bicyclic) bond motifs is 1. The number of nitrogens with zero attached hydrogens (tertiary/aromatic N) is 4. The molecule has 1 heterocycles. The van der Waals surface area contributed by atoms with Crippen molar-refractivity contribution >= 4 is 30.0 Å². The average molecular weight is 635 g/mol. The Bertz CT molecular complexity index is 1380. The van der Waals surface area contributed by atoms with Gasteiger partial charge in [-0.05, 0) is 90.7 Å². The zero-order valence-electron chi connectivity index (χ0n) is 23.7. The highest BCUT2D eigenvalue weighted by atomic mass is 35.5. The summed E-state index contributed by atoms with van der Waals surface area (Å²) in [6.45, 7) is 4.45. The summed E-state index contributed by atoms with van der Waals surface area (Å²) in [4.78, 5) is 18.8. The zero-order valence-corrected chi connectivity index (χ0v) is 24.5. The molecule has 4 rings (SSSR count). The molecule has 7 nitrogen and oxygen atoms in total. The first-order valence-electron chi connectivity index (χ1n) is 13.7. The molecule has 1 N–H and O–H groups in total. The minimum atomic E-state index is -4.97. The molecule has 0 radical (unpaired) electrons. The number of halogens is 7. The van der Waals surface area contributed by atoms with Crippen LogP contribution in [0.2, 0.25) is 0 Å². The first kappa shape index (κ1) is 34.0. The zero-order chi connectivity index (χ0) is 30.7. The molecule has 1 aromatic heterocycles. The molecule has 0 unspecified atom stereocenters. The van der Waals surface area contributed by atoms with Crippen LogP contribution in [0.5, 0.6) is 0 Å². The third-order valence-electron chi connectivity index (χ3n) is 7.27. The fraction of sp³-hybridized carbons (Fsp3) is 0.483. The first-order valence-corrected chi connectivity index (χ1v) is 13.7. The van der Waals surface area contributed by atoms with Crippen LogP contribution in [0.1, 0.15) is 71.9 Å². The van der Waals surface area contributed by atoms with Crippen molar-refractivity contribution in [3.8, 4) is 0 Å². The van der Waals surface area contributed by atoms with Gasteiger partial charge in [-0.3, -0.25) is 4.79 Å². The van der Waals surface area contributed by atoms with Gasteiger partial charge in [-0.1, -0.05) is 6.07 Å². The number of hydrogen-bond acceptors (Lipinski definition) is 6. The van der Waals surface area contributed by atoms with Crippen LogP contribution in [0.25, 0.3) is 0 Å². The number of benzene rings is 2. The number of carbonyl (C=O) groups is 1. The second kappa shape index (κ2) is 13.9. The van der Waals surface area contributed by atoms with E-state index in [0.717, 1.165) is 36.1 Å². The number of carboxylic acid groups (broad SMARTS) is 1. The van der Waals surface area contributed by atoms with Crippen LogP contribution in [0, 0.1) is 6.92 Å². The molecular weight excluding hydrogens is 602 g/mol. The monoisotopic (exact) mass is 634 g/mol. The number of hydrogen-bond donors (Lipinski definition) is 1. The van der Waals surface area contributed by atoms with Gasteiger partial charge in [0.05, 0.1) is 11.1 Å². The van der Waals surface area contributed by atoms with Crippen LogP contribution in [-0.4, -0.2) is 34.3 Å². The SMILES string of the molecule is CCN(CCCCC(=O)O)c1cc2c(cc1CN(Cc1cc(C(F)(F)F)cc(C(F)(F)F)c1)c1noc(C)n1)CCC2.Cl. The second-order valence-corrected chi connectivity index (χ2v) is 10.4. The van der Waals surface area contributed by atoms with Crippen molar-refractivity contribution in [1.29, 1.82) is 0 Å². The molecule has 0 aliphatic heterocycles. The molecule has 236 valence electrons. The number of alkyl halides is 6. The summed E-state index contributed by atoms with van der Waals surface area (Å²) in [7, 11) is 0. The van der Waals surface area contributed by atoms with E-state index in [1.165, 1.54) is 17.4 Å². The molecule has 1 aliphatic carbocycles. The largest absolute Gasteiger partial charge is 0.481 e. The van der Waals surface area contributed by atoms with Crippen LogP contribution in [0.3, 0.4) is 0 Å². The van der Waals surface area contributed by atoms with E-state index >= 15 is 0 Å². The Morgan fingerprint density at radius 2 is 1.56 bits per heavy atom. The molecule has 0 atom stereocenters. The number of anilines is 2. The van der Waals surface area contributed by atoms with E-state index in [0.29, 0.717) is 38.1 Å². The molecule has 1 aliphatic rings. The molecule has 14 heteroatoms. The summed E-state index contributed by atoms with van der Waals surface area (Å²) in [6.07, 6.45) is -6.03. The summed E-state index contributed by atoms with van der Waals surface area (Å²) >= 11 is 0. The topological polar surface area (TPSA) is 82.7 Å². The summed E-state index contributed by atoms with van der Waals surface area (Å²) in [6, 6.07) is 5.64. The molecule has 0 spiro atoms. The molecule has 0 bridgehead atoms. The van der Waals surface area contributed by atoms with Crippen molar-refractivity contribution in [1.82, 2.24) is 10.1 Å². The van der Waals surface area contributed by atoms with Crippen molar-refractivity contribution < 1.29 is 40.8 Å². The lowest BCUT2D eigenvalue weighted by Gasteiger charge is -2.29. The highest BCUT2D eigenvalue weighted by Crippen LogP contribution is 2.37. The van der Waals surface area contributed by atoms with Gasteiger partial charge in [-0.15, -0.1) is 12.4 Å². The highest BCUT2D eigenvalue weighted by molar-refractivity contribution is 5.85. The number of aliphatic carboxylic acids is 1. The predicted octanol–water partition coefficient (Wildman–Crippen LogP) is 7.61. The van der Waals surface area contributed by atoms with Gasteiger partial charge in [0, 0.05) is 45.2 Å². The maximum absolute atomic E-state index is 13.6. The van der Waals surface area contributed by atoms with Crippen molar-refractivity contribution in [2.45, 2.75) is 77.8 Å². The van der Waals surface area contributed by atoms with Crippen LogP contribution in [0.15, 0.2) is 34.9 Å². The number of unbranched alkanes of at least 4 members (excludes halogenated alkanes) is 1. The third-order valence-corrected chi connectivity index (χ3v) is 7.27. The van der Waals surface area contributed by atoms with E-state index in [1.807, 2.05) is 13.0 Å². The number of rotatable bonds is 12. The summed E-state index contributed by atoms with van der Waals surface area (Å²) < 4.78 is 86.5. The maximum Gasteiger partial charge on any atom is 0.416 e. The van der Waals surface area contributed by atoms with Gasteiger partial charge in [0.1, 0.15) is 0 Å². The fourth-order valence-corrected chi connectivity index (χ4v) is 5.26. The van der Waals surface area contributed by atoms with Crippen LogP contribution < -0.4 is 9.80 Å². The number of aromatic nitrogens is 2. The summed E-state index contributed by atoms with van der Waals surface area (Å²) in [5.41, 5.74) is 1.01. The van der Waals surface area contributed by atoms with E-state index in [1.54, 1.807) is 0 Å². The minimum Gasteiger partial charge on any atom is -0.481 e. The van der Waals surface area contributed by atoms with Gasteiger partial charge < -0.3 is 19.4 Å². The Labute approximate surface area is 251 Å². The van der Waals surface area contributed by atoms with Crippen LogP contribution >= 0.6 is 12.4 Å². The van der Waals surface area contributed by atoms with Gasteiger partial charge in [0.25, 0.3) is 5.95 Å². The van der Waals surface area contributed by atoms with Gasteiger partial charge in [0.15, 0.2) is 0 Å². The Hall–Kier alpha value is -3.48. The molecule has 3 aromatic rings. The molecule has 0 fully saturated rings. The fourth-order valence-electron chi connectivity index (χ4n) is 5.26. The van der Waals surface area contributed by atoms with Crippen molar-refractivity contribution in [2.75, 3.05) is 22.9 Å². The maximum atomic E-state index is 13.6. The molecule has 0 saturated carbocycles. The second-order valence-electron chi connectivity index (χ2n) is 10.4. The average Bonchev–Trinajstić information content (AvgIpc) is 3.55. The minimum absolute atomic E-state index is 0. The van der Waals surface area contributed by atoms with E-state index in [-0.39, 0.29) is 55.4 Å². The Kier molecular flexibility index (Phi) is 11.0. The van der Waals surface area contributed by atoms with Crippen molar-refractivity contribution in [3.63, 3.8) is 0 Å². The molecule has 43 heavy (non-hydrogen) atoms. The molecule has 2 aromatic carbocycles.